The van der Waals surface area contributed by atoms with Crippen molar-refractivity contribution in [1.29, 1.82) is 0 Å². The standard InChI is InChI=1S/C20H27N3O3S/c1-14(2)23(12-13-25-4)19(22-24)18-11-6-15(3)21-20(18)26-16-7-9-17(27-5)10-8-16/h6-11,14,24H,12-13H2,1-5H3/b22-19-. The quantitative estimate of drug-likeness (QED) is 0.237. The molecule has 0 amide bonds. The third kappa shape index (κ3) is 5.61. The first kappa shape index (κ1) is 21.1. The molecule has 7 heteroatoms. The average molecular weight is 390 g/mol. The number of rotatable bonds is 8. The van der Waals surface area contributed by atoms with Crippen molar-refractivity contribution in [3.8, 4) is 11.6 Å². The summed E-state index contributed by atoms with van der Waals surface area (Å²) in [6, 6.07) is 11.7. The summed E-state index contributed by atoms with van der Waals surface area (Å²) >= 11 is 1.67. The largest absolute Gasteiger partial charge is 0.438 e. The summed E-state index contributed by atoms with van der Waals surface area (Å²) in [6.07, 6.45) is 2.03. The van der Waals surface area contributed by atoms with E-state index in [2.05, 4.69) is 10.1 Å². The lowest BCUT2D eigenvalue weighted by Gasteiger charge is -2.29. The lowest BCUT2D eigenvalue weighted by atomic mass is 10.1. The van der Waals surface area contributed by atoms with Gasteiger partial charge in [-0.3, -0.25) is 0 Å². The van der Waals surface area contributed by atoms with E-state index in [1.165, 1.54) is 0 Å². The minimum absolute atomic E-state index is 0.112. The van der Waals surface area contributed by atoms with Crippen LogP contribution in [0.4, 0.5) is 0 Å². The monoisotopic (exact) mass is 389 g/mol. The maximum Gasteiger partial charge on any atom is 0.230 e. The van der Waals surface area contributed by atoms with Gasteiger partial charge in [0.25, 0.3) is 0 Å². The summed E-state index contributed by atoms with van der Waals surface area (Å²) in [7, 11) is 1.65. The van der Waals surface area contributed by atoms with Crippen LogP contribution in [-0.2, 0) is 4.74 Å². The molecule has 0 unspecified atom stereocenters. The highest BCUT2D eigenvalue weighted by atomic mass is 32.2. The summed E-state index contributed by atoms with van der Waals surface area (Å²) in [5, 5.41) is 13.3. The normalized spacial score (nSPS) is 11.7. The molecule has 0 atom stereocenters. The first-order valence-electron chi connectivity index (χ1n) is 8.77. The number of aryl methyl sites for hydroxylation is 1. The molecule has 1 heterocycles. The van der Waals surface area contributed by atoms with Crippen LogP contribution < -0.4 is 4.74 Å². The number of ether oxygens (including phenoxy) is 2. The maximum atomic E-state index is 9.75. The number of hydrogen-bond donors (Lipinski definition) is 1. The van der Waals surface area contributed by atoms with Gasteiger partial charge in [0.15, 0.2) is 5.84 Å². The molecule has 6 nitrogen and oxygen atoms in total. The molecule has 2 aromatic rings. The van der Waals surface area contributed by atoms with Crippen molar-refractivity contribution < 1.29 is 14.7 Å². The van der Waals surface area contributed by atoms with Crippen LogP contribution in [0.15, 0.2) is 46.4 Å². The second-order valence-corrected chi connectivity index (χ2v) is 7.17. The van der Waals surface area contributed by atoms with E-state index in [0.29, 0.717) is 36.2 Å². The first-order valence-corrected chi connectivity index (χ1v) is 10.00. The minimum atomic E-state index is 0.112. The van der Waals surface area contributed by atoms with Crippen LogP contribution in [0.1, 0.15) is 25.1 Å². The number of methoxy groups -OCH3 is 1. The average Bonchev–Trinajstić information content (AvgIpc) is 2.66. The predicted octanol–water partition coefficient (Wildman–Crippen LogP) is 4.40. The van der Waals surface area contributed by atoms with E-state index in [9.17, 15) is 5.21 Å². The minimum Gasteiger partial charge on any atom is -0.438 e. The van der Waals surface area contributed by atoms with Crippen molar-refractivity contribution >= 4 is 17.6 Å². The Morgan fingerprint density at radius 2 is 1.93 bits per heavy atom. The van der Waals surface area contributed by atoms with Crippen LogP contribution >= 0.6 is 11.8 Å². The van der Waals surface area contributed by atoms with E-state index in [4.69, 9.17) is 9.47 Å². The van der Waals surface area contributed by atoms with Gasteiger partial charge in [-0.15, -0.1) is 11.8 Å². The van der Waals surface area contributed by atoms with Gasteiger partial charge in [-0.25, -0.2) is 4.98 Å². The summed E-state index contributed by atoms with van der Waals surface area (Å²) in [6.45, 7) is 7.06. The SMILES string of the molecule is COCCN(/C(=N\O)c1ccc(C)nc1Oc1ccc(SC)cc1)C(C)C. The molecule has 0 saturated carbocycles. The van der Waals surface area contributed by atoms with E-state index < -0.39 is 0 Å². The topological polar surface area (TPSA) is 67.2 Å². The van der Waals surface area contributed by atoms with Crippen molar-refractivity contribution in [2.24, 2.45) is 5.16 Å². The zero-order chi connectivity index (χ0) is 19.8. The summed E-state index contributed by atoms with van der Waals surface area (Å²) in [4.78, 5) is 7.64. The van der Waals surface area contributed by atoms with Gasteiger partial charge in [0.05, 0.1) is 12.2 Å². The molecule has 0 fully saturated rings. The molecule has 0 radical (unpaired) electrons. The molecule has 0 aliphatic carbocycles. The Hall–Kier alpha value is -2.25. The number of oxime groups is 1. The molecule has 0 saturated heterocycles. The smallest absolute Gasteiger partial charge is 0.230 e. The van der Waals surface area contributed by atoms with Gasteiger partial charge in [-0.2, -0.15) is 0 Å². The third-order valence-corrected chi connectivity index (χ3v) is 4.78. The Balaban J connectivity index is 2.39. The van der Waals surface area contributed by atoms with E-state index in [0.717, 1.165) is 10.6 Å². The Labute approximate surface area is 165 Å². The van der Waals surface area contributed by atoms with Crippen molar-refractivity contribution in [3.05, 3.63) is 47.7 Å². The molecular weight excluding hydrogens is 362 g/mol. The second kappa shape index (κ2) is 10.2. The van der Waals surface area contributed by atoms with Crippen molar-refractivity contribution in [2.45, 2.75) is 31.7 Å². The van der Waals surface area contributed by atoms with Crippen molar-refractivity contribution in [1.82, 2.24) is 9.88 Å². The number of amidine groups is 1. The van der Waals surface area contributed by atoms with E-state index >= 15 is 0 Å². The zero-order valence-electron chi connectivity index (χ0n) is 16.5. The number of pyridine rings is 1. The van der Waals surface area contributed by atoms with Crippen LogP contribution in [-0.4, -0.2) is 53.5 Å². The van der Waals surface area contributed by atoms with Crippen molar-refractivity contribution in [2.75, 3.05) is 26.5 Å². The fourth-order valence-corrected chi connectivity index (χ4v) is 3.01. The molecule has 1 aromatic heterocycles. The molecule has 27 heavy (non-hydrogen) atoms. The van der Waals surface area contributed by atoms with Gasteiger partial charge in [-0.1, -0.05) is 5.16 Å². The highest BCUT2D eigenvalue weighted by Gasteiger charge is 2.22. The van der Waals surface area contributed by atoms with Crippen LogP contribution in [0.25, 0.3) is 0 Å². The number of thioether (sulfide) groups is 1. The first-order chi connectivity index (χ1) is 13.0. The Kier molecular flexibility index (Phi) is 7.94. The molecule has 1 N–H and O–H groups in total. The fourth-order valence-electron chi connectivity index (χ4n) is 2.60. The molecule has 0 bridgehead atoms. The van der Waals surface area contributed by atoms with Crippen LogP contribution in [0.2, 0.25) is 0 Å². The van der Waals surface area contributed by atoms with Crippen molar-refractivity contribution in [3.63, 3.8) is 0 Å². The number of benzene rings is 1. The molecular formula is C20H27N3O3S. The molecule has 1 aromatic carbocycles. The maximum absolute atomic E-state index is 9.75. The molecule has 0 spiro atoms. The molecule has 0 aliphatic heterocycles. The lowest BCUT2D eigenvalue weighted by Crippen LogP contribution is -2.40. The summed E-state index contributed by atoms with van der Waals surface area (Å²) < 4.78 is 11.2. The second-order valence-electron chi connectivity index (χ2n) is 6.29. The summed E-state index contributed by atoms with van der Waals surface area (Å²) in [5.74, 6) is 1.49. The van der Waals surface area contributed by atoms with Crippen LogP contribution in [0, 0.1) is 6.92 Å². The highest BCUT2D eigenvalue weighted by Crippen LogP contribution is 2.27. The van der Waals surface area contributed by atoms with Gasteiger partial charge in [0, 0.05) is 30.3 Å². The van der Waals surface area contributed by atoms with Gasteiger partial charge < -0.3 is 19.6 Å². The third-order valence-electron chi connectivity index (χ3n) is 4.04. The lowest BCUT2D eigenvalue weighted by molar-refractivity contribution is 0.164. The summed E-state index contributed by atoms with van der Waals surface area (Å²) in [5.41, 5.74) is 1.45. The zero-order valence-corrected chi connectivity index (χ0v) is 17.3. The van der Waals surface area contributed by atoms with E-state index in [-0.39, 0.29) is 6.04 Å². The van der Waals surface area contributed by atoms with Crippen LogP contribution in [0.5, 0.6) is 11.6 Å². The molecule has 2 rings (SSSR count). The van der Waals surface area contributed by atoms with Gasteiger partial charge in [-0.05, 0) is 63.4 Å². The van der Waals surface area contributed by atoms with Gasteiger partial charge >= 0.3 is 0 Å². The Bertz CT molecular complexity index is 764. The molecule has 0 aliphatic rings. The fraction of sp³-hybridized carbons (Fsp3) is 0.400. The molecule has 146 valence electrons. The number of aromatic nitrogens is 1. The van der Waals surface area contributed by atoms with E-state index in [1.54, 1.807) is 18.9 Å². The Morgan fingerprint density at radius 3 is 2.48 bits per heavy atom. The highest BCUT2D eigenvalue weighted by molar-refractivity contribution is 7.98. The number of hydrogen-bond acceptors (Lipinski definition) is 6. The van der Waals surface area contributed by atoms with Gasteiger partial charge in [0.1, 0.15) is 5.75 Å². The van der Waals surface area contributed by atoms with E-state index in [1.807, 2.05) is 68.3 Å². The van der Waals surface area contributed by atoms with Gasteiger partial charge in [0.2, 0.25) is 5.88 Å². The predicted molar refractivity (Wildman–Crippen MR) is 109 cm³/mol. The Morgan fingerprint density at radius 1 is 1.22 bits per heavy atom. The number of nitrogens with zero attached hydrogens (tertiary/aromatic N) is 3. The van der Waals surface area contributed by atoms with Crippen LogP contribution in [0.3, 0.4) is 0 Å².